The van der Waals surface area contributed by atoms with Crippen molar-refractivity contribution in [2.75, 3.05) is 18.7 Å². The summed E-state index contributed by atoms with van der Waals surface area (Å²) in [4.78, 5) is 14.3. The highest BCUT2D eigenvalue weighted by atomic mass is 32.1. The van der Waals surface area contributed by atoms with Gasteiger partial charge in [0.15, 0.2) is 11.5 Å². The van der Waals surface area contributed by atoms with Gasteiger partial charge in [-0.3, -0.25) is 5.32 Å². The molecule has 1 N–H and O–H groups in total. The molecule has 1 aliphatic heterocycles. The lowest BCUT2D eigenvalue weighted by Gasteiger charge is -2.20. The summed E-state index contributed by atoms with van der Waals surface area (Å²) < 4.78 is 10.7. The van der Waals surface area contributed by atoms with Gasteiger partial charge in [0.25, 0.3) is 0 Å². The second-order valence-corrected chi connectivity index (χ2v) is 7.15. The number of carbonyl (C=O) groups is 1. The van der Waals surface area contributed by atoms with Crippen molar-refractivity contribution in [2.45, 2.75) is 46.1 Å². The molecule has 7 nitrogen and oxygen atoms in total. The number of hydrogen-bond acceptors (Lipinski definition) is 6. The fourth-order valence-corrected chi connectivity index (χ4v) is 3.46. The zero-order valence-corrected chi connectivity index (χ0v) is 16.0. The SMILES string of the molecule is CCCCCc1nnc(NC(=O)N(CC)Cc2ccc3c(c2)OCO3)s1. The van der Waals surface area contributed by atoms with Crippen LogP contribution in [0.15, 0.2) is 18.2 Å². The molecular formula is C18H24N4O3S. The van der Waals surface area contributed by atoms with Gasteiger partial charge in [0.05, 0.1) is 0 Å². The van der Waals surface area contributed by atoms with Gasteiger partial charge in [0, 0.05) is 19.5 Å². The van der Waals surface area contributed by atoms with E-state index in [0.717, 1.165) is 34.9 Å². The van der Waals surface area contributed by atoms with Crippen LogP contribution in [0.25, 0.3) is 0 Å². The average molecular weight is 376 g/mol. The highest BCUT2D eigenvalue weighted by Gasteiger charge is 2.18. The van der Waals surface area contributed by atoms with E-state index < -0.39 is 0 Å². The number of hydrogen-bond donors (Lipinski definition) is 1. The van der Waals surface area contributed by atoms with Gasteiger partial charge in [0.2, 0.25) is 11.9 Å². The minimum absolute atomic E-state index is 0.179. The number of amides is 2. The standard InChI is InChI=1S/C18H24N4O3S/c1-3-5-6-7-16-20-21-17(26-16)19-18(23)22(4-2)11-13-8-9-14-15(10-13)25-12-24-14/h8-10H,3-7,11-12H2,1-2H3,(H,19,21,23). The van der Waals surface area contributed by atoms with Crippen molar-refractivity contribution in [3.63, 3.8) is 0 Å². The van der Waals surface area contributed by atoms with Crippen LogP contribution in [0.4, 0.5) is 9.93 Å². The molecule has 26 heavy (non-hydrogen) atoms. The molecule has 0 atom stereocenters. The normalized spacial score (nSPS) is 12.2. The Morgan fingerprint density at radius 1 is 1.23 bits per heavy atom. The number of nitrogens with one attached hydrogen (secondary N) is 1. The number of benzene rings is 1. The molecule has 1 aromatic heterocycles. The van der Waals surface area contributed by atoms with Crippen molar-refractivity contribution in [3.05, 3.63) is 28.8 Å². The van der Waals surface area contributed by atoms with Gasteiger partial charge in [-0.25, -0.2) is 4.79 Å². The fraction of sp³-hybridized carbons (Fsp3) is 0.500. The van der Waals surface area contributed by atoms with Gasteiger partial charge in [-0.15, -0.1) is 10.2 Å². The maximum Gasteiger partial charge on any atom is 0.323 e. The quantitative estimate of drug-likeness (QED) is 0.703. The number of aryl methyl sites for hydroxylation is 1. The summed E-state index contributed by atoms with van der Waals surface area (Å²) in [6.07, 6.45) is 4.37. The predicted molar refractivity (Wildman–Crippen MR) is 101 cm³/mol. The Hall–Kier alpha value is -2.35. The molecule has 0 radical (unpaired) electrons. The summed E-state index contributed by atoms with van der Waals surface area (Å²) in [6.45, 7) is 5.44. The van der Waals surface area contributed by atoms with Crippen LogP contribution in [0, 0.1) is 0 Å². The highest BCUT2D eigenvalue weighted by molar-refractivity contribution is 7.15. The number of aromatic nitrogens is 2. The van der Waals surface area contributed by atoms with E-state index in [1.165, 1.54) is 24.2 Å². The predicted octanol–water partition coefficient (Wildman–Crippen LogP) is 4.05. The van der Waals surface area contributed by atoms with E-state index in [1.807, 2.05) is 25.1 Å². The fourth-order valence-electron chi connectivity index (χ4n) is 2.69. The molecule has 2 heterocycles. The Morgan fingerprint density at radius 2 is 2.08 bits per heavy atom. The Morgan fingerprint density at radius 3 is 2.88 bits per heavy atom. The van der Waals surface area contributed by atoms with Crippen molar-refractivity contribution in [3.8, 4) is 11.5 Å². The first-order valence-corrected chi connectivity index (χ1v) is 9.78. The zero-order valence-electron chi connectivity index (χ0n) is 15.2. The first-order chi connectivity index (χ1) is 12.7. The molecule has 0 aliphatic carbocycles. The van der Waals surface area contributed by atoms with Crippen LogP contribution < -0.4 is 14.8 Å². The molecule has 8 heteroatoms. The van der Waals surface area contributed by atoms with Gasteiger partial charge in [-0.1, -0.05) is 37.2 Å². The maximum absolute atomic E-state index is 12.5. The Kier molecular flexibility index (Phi) is 6.27. The second kappa shape index (κ2) is 8.84. The molecule has 2 aromatic rings. The minimum Gasteiger partial charge on any atom is -0.454 e. The Labute approximate surface area is 157 Å². The highest BCUT2D eigenvalue weighted by Crippen LogP contribution is 2.32. The van der Waals surface area contributed by atoms with Crippen LogP contribution >= 0.6 is 11.3 Å². The van der Waals surface area contributed by atoms with Crippen LogP contribution in [0.2, 0.25) is 0 Å². The first kappa shape index (κ1) is 18.4. The molecule has 0 spiro atoms. The van der Waals surface area contributed by atoms with Gasteiger partial charge >= 0.3 is 6.03 Å². The third-order valence-electron chi connectivity index (χ3n) is 4.15. The number of nitrogens with zero attached hydrogens (tertiary/aromatic N) is 3. The number of urea groups is 1. The number of carbonyl (C=O) groups excluding carboxylic acids is 1. The summed E-state index contributed by atoms with van der Waals surface area (Å²) in [5.41, 5.74) is 0.990. The van der Waals surface area contributed by atoms with E-state index in [0.29, 0.717) is 18.2 Å². The Bertz CT molecular complexity index is 750. The summed E-state index contributed by atoms with van der Waals surface area (Å²) >= 11 is 1.44. The van der Waals surface area contributed by atoms with Crippen LogP contribution in [0.5, 0.6) is 11.5 Å². The van der Waals surface area contributed by atoms with Crippen LogP contribution in [0.1, 0.15) is 43.7 Å². The van der Waals surface area contributed by atoms with Gasteiger partial charge < -0.3 is 14.4 Å². The Balaban J connectivity index is 1.57. The number of rotatable bonds is 8. The van der Waals surface area contributed by atoms with Crippen LogP contribution in [-0.2, 0) is 13.0 Å². The van der Waals surface area contributed by atoms with Gasteiger partial charge in [-0.05, 0) is 31.0 Å². The van der Waals surface area contributed by atoms with Crippen LogP contribution in [-0.4, -0.2) is 34.5 Å². The largest absolute Gasteiger partial charge is 0.454 e. The third kappa shape index (κ3) is 4.63. The van der Waals surface area contributed by atoms with Crippen molar-refractivity contribution >= 4 is 22.5 Å². The molecule has 1 aliphatic rings. The summed E-state index contributed by atoms with van der Waals surface area (Å²) in [5.74, 6) is 1.46. The number of fused-ring (bicyclic) bond motifs is 1. The molecular weight excluding hydrogens is 352 g/mol. The second-order valence-electron chi connectivity index (χ2n) is 6.09. The lowest BCUT2D eigenvalue weighted by atomic mass is 10.2. The van der Waals surface area contributed by atoms with E-state index in [4.69, 9.17) is 9.47 Å². The molecule has 2 amide bonds. The van der Waals surface area contributed by atoms with E-state index in [2.05, 4.69) is 22.4 Å². The summed E-state index contributed by atoms with van der Waals surface area (Å²) in [6, 6.07) is 5.55. The topological polar surface area (TPSA) is 76.6 Å². The van der Waals surface area contributed by atoms with Gasteiger partial charge in [0.1, 0.15) is 5.01 Å². The van der Waals surface area contributed by atoms with Crippen molar-refractivity contribution in [1.82, 2.24) is 15.1 Å². The van der Waals surface area contributed by atoms with Crippen molar-refractivity contribution in [2.24, 2.45) is 0 Å². The van der Waals surface area contributed by atoms with Crippen molar-refractivity contribution in [1.29, 1.82) is 0 Å². The molecule has 0 fully saturated rings. The number of ether oxygens (including phenoxy) is 2. The van der Waals surface area contributed by atoms with E-state index in [9.17, 15) is 4.79 Å². The first-order valence-electron chi connectivity index (χ1n) is 8.96. The monoisotopic (exact) mass is 376 g/mol. The summed E-state index contributed by atoms with van der Waals surface area (Å²) in [7, 11) is 0. The zero-order chi connectivity index (χ0) is 18.4. The maximum atomic E-state index is 12.5. The smallest absolute Gasteiger partial charge is 0.323 e. The van der Waals surface area contributed by atoms with E-state index in [-0.39, 0.29) is 12.8 Å². The van der Waals surface area contributed by atoms with E-state index >= 15 is 0 Å². The molecule has 0 saturated heterocycles. The van der Waals surface area contributed by atoms with E-state index in [1.54, 1.807) is 4.90 Å². The molecule has 0 bridgehead atoms. The van der Waals surface area contributed by atoms with Crippen molar-refractivity contribution < 1.29 is 14.3 Å². The molecule has 0 saturated carbocycles. The molecule has 3 rings (SSSR count). The number of unbranched alkanes of at least 4 members (excludes halogenated alkanes) is 2. The number of anilines is 1. The summed E-state index contributed by atoms with van der Waals surface area (Å²) in [5, 5.41) is 12.6. The molecule has 1 aromatic carbocycles. The molecule has 140 valence electrons. The van der Waals surface area contributed by atoms with Gasteiger partial charge in [-0.2, -0.15) is 0 Å². The lowest BCUT2D eigenvalue weighted by molar-refractivity contribution is 0.174. The van der Waals surface area contributed by atoms with Crippen LogP contribution in [0.3, 0.4) is 0 Å². The molecule has 0 unspecified atom stereocenters. The third-order valence-corrected chi connectivity index (χ3v) is 5.05. The lowest BCUT2D eigenvalue weighted by Crippen LogP contribution is -2.34. The minimum atomic E-state index is -0.179. The average Bonchev–Trinajstić information content (AvgIpc) is 3.28.